The van der Waals surface area contributed by atoms with E-state index in [0.29, 0.717) is 5.70 Å². The lowest BCUT2D eigenvalue weighted by molar-refractivity contribution is -0.154. The summed E-state index contributed by atoms with van der Waals surface area (Å²) in [5, 5.41) is -0.000658. The molecular formula is C17H29NO5Si. The van der Waals surface area contributed by atoms with Crippen molar-refractivity contribution in [2.45, 2.75) is 65.8 Å². The monoisotopic (exact) mass is 355 g/mol. The Bertz CT molecular complexity index is 562. The summed E-state index contributed by atoms with van der Waals surface area (Å²) in [5.41, 5.74) is 0.358. The minimum Gasteiger partial charge on any atom is -0.463 e. The Balaban J connectivity index is 3.05. The maximum Gasteiger partial charge on any atom is 0.332 e. The van der Waals surface area contributed by atoms with Crippen LogP contribution >= 0.6 is 0 Å². The second-order valence-electron chi connectivity index (χ2n) is 7.57. The molecule has 0 aromatic heterocycles. The van der Waals surface area contributed by atoms with Gasteiger partial charge in [-0.25, -0.2) is 4.79 Å². The molecular weight excluding hydrogens is 326 g/mol. The van der Waals surface area contributed by atoms with Crippen LogP contribution in [-0.4, -0.2) is 43.7 Å². The highest BCUT2D eigenvalue weighted by molar-refractivity contribution is 6.74. The Kier molecular flexibility index (Phi) is 6.16. The van der Waals surface area contributed by atoms with Crippen LogP contribution in [0.2, 0.25) is 18.1 Å². The average Bonchev–Trinajstić information content (AvgIpc) is 2.35. The summed E-state index contributed by atoms with van der Waals surface area (Å²) in [6.45, 7) is 15.6. The molecule has 0 unspecified atom stereocenters. The van der Waals surface area contributed by atoms with Crippen LogP contribution in [0, 0.1) is 5.92 Å². The number of imide groups is 1. The van der Waals surface area contributed by atoms with Crippen LogP contribution in [0.5, 0.6) is 0 Å². The quantitative estimate of drug-likeness (QED) is 0.328. The Hall–Kier alpha value is -1.47. The number of hydrogen-bond acceptors (Lipinski definition) is 5. The molecule has 2 amide bonds. The van der Waals surface area contributed by atoms with Gasteiger partial charge in [0.05, 0.1) is 18.4 Å². The van der Waals surface area contributed by atoms with Crippen LogP contribution in [-0.2, 0) is 23.5 Å². The topological polar surface area (TPSA) is 72.9 Å². The summed E-state index contributed by atoms with van der Waals surface area (Å²) in [4.78, 5) is 36.8. The van der Waals surface area contributed by atoms with Crippen molar-refractivity contribution < 1.29 is 23.5 Å². The highest BCUT2D eigenvalue weighted by Crippen LogP contribution is 2.41. The maximum atomic E-state index is 12.4. The standard InChI is InChI=1S/C17H29NO5Si/c1-9-22-14(20)10-13-15(16(21)18(13)12(3)19)11(2)23-24(7,8)17(4,5)6/h10-11,15H,9H2,1-8H3/b13-10+/t11-,15-/m1/s1. The molecule has 1 aliphatic rings. The molecule has 1 saturated heterocycles. The Labute approximate surface area is 145 Å². The van der Waals surface area contributed by atoms with Gasteiger partial charge in [-0.15, -0.1) is 0 Å². The number of likely N-dealkylation sites (tertiary alicyclic amines) is 1. The van der Waals surface area contributed by atoms with E-state index in [4.69, 9.17) is 9.16 Å². The molecule has 1 fully saturated rings. The van der Waals surface area contributed by atoms with Gasteiger partial charge in [0.25, 0.3) is 0 Å². The van der Waals surface area contributed by atoms with E-state index in [-0.39, 0.29) is 17.6 Å². The fourth-order valence-electron chi connectivity index (χ4n) is 2.41. The SMILES string of the molecule is CCOC(=O)/C=C1\[C@@H]([C@@H](C)O[Si](C)(C)C(C)(C)C)C(=O)N1C(C)=O. The van der Waals surface area contributed by atoms with E-state index >= 15 is 0 Å². The van der Waals surface area contributed by atoms with E-state index in [0.717, 1.165) is 4.90 Å². The van der Waals surface area contributed by atoms with Gasteiger partial charge in [0, 0.05) is 13.0 Å². The number of carbonyl (C=O) groups is 3. The van der Waals surface area contributed by atoms with Gasteiger partial charge in [-0.1, -0.05) is 20.8 Å². The number of β-lactam (4-membered cyclic amide) rings is 1. The van der Waals surface area contributed by atoms with Gasteiger partial charge in [-0.3, -0.25) is 14.5 Å². The minimum absolute atomic E-state index is 0.000658. The van der Waals surface area contributed by atoms with Crippen LogP contribution in [0.1, 0.15) is 41.5 Å². The first-order valence-corrected chi connectivity index (χ1v) is 11.1. The van der Waals surface area contributed by atoms with Gasteiger partial charge in [-0.2, -0.15) is 0 Å². The zero-order valence-corrected chi connectivity index (χ0v) is 16.9. The summed E-state index contributed by atoms with van der Waals surface area (Å²) < 4.78 is 11.2. The molecule has 7 heteroatoms. The van der Waals surface area contributed by atoms with Crippen LogP contribution in [0.3, 0.4) is 0 Å². The molecule has 24 heavy (non-hydrogen) atoms. The van der Waals surface area contributed by atoms with Gasteiger partial charge in [0.15, 0.2) is 8.32 Å². The summed E-state index contributed by atoms with van der Waals surface area (Å²) >= 11 is 0. The third kappa shape index (κ3) is 4.13. The minimum atomic E-state index is -2.08. The normalized spacial score (nSPS) is 21.5. The lowest BCUT2D eigenvalue weighted by Gasteiger charge is -2.46. The van der Waals surface area contributed by atoms with Crippen LogP contribution in [0.25, 0.3) is 0 Å². The number of amides is 2. The number of nitrogens with zero attached hydrogens (tertiary/aromatic N) is 1. The van der Waals surface area contributed by atoms with Crippen molar-refractivity contribution in [3.63, 3.8) is 0 Å². The van der Waals surface area contributed by atoms with E-state index in [9.17, 15) is 14.4 Å². The summed E-state index contributed by atoms with van der Waals surface area (Å²) in [5.74, 6) is -1.92. The van der Waals surface area contributed by atoms with E-state index in [2.05, 4.69) is 33.9 Å². The van der Waals surface area contributed by atoms with Crippen molar-refractivity contribution in [2.75, 3.05) is 6.61 Å². The molecule has 2 atom stereocenters. The first-order valence-electron chi connectivity index (χ1n) is 8.24. The molecule has 136 valence electrons. The number of esters is 1. The average molecular weight is 356 g/mol. The predicted molar refractivity (Wildman–Crippen MR) is 93.5 cm³/mol. The lowest BCUT2D eigenvalue weighted by atomic mass is 9.88. The van der Waals surface area contributed by atoms with Crippen molar-refractivity contribution in [2.24, 2.45) is 5.92 Å². The van der Waals surface area contributed by atoms with Gasteiger partial charge >= 0.3 is 5.97 Å². The van der Waals surface area contributed by atoms with Gasteiger partial charge < -0.3 is 9.16 Å². The molecule has 0 aliphatic carbocycles. The third-order valence-electron chi connectivity index (χ3n) is 4.69. The van der Waals surface area contributed by atoms with Crippen molar-refractivity contribution in [3.05, 3.63) is 11.8 Å². The summed E-state index contributed by atoms with van der Waals surface area (Å²) in [6, 6.07) is 0. The highest BCUT2D eigenvalue weighted by atomic mass is 28.4. The summed E-state index contributed by atoms with van der Waals surface area (Å²) in [7, 11) is -2.08. The van der Waals surface area contributed by atoms with E-state index < -0.39 is 32.2 Å². The maximum absolute atomic E-state index is 12.4. The largest absolute Gasteiger partial charge is 0.463 e. The number of ether oxygens (including phenoxy) is 1. The van der Waals surface area contributed by atoms with E-state index in [1.807, 2.05) is 6.92 Å². The van der Waals surface area contributed by atoms with Gasteiger partial charge in [0.2, 0.25) is 11.8 Å². The highest BCUT2D eigenvalue weighted by Gasteiger charge is 2.51. The number of carbonyl (C=O) groups excluding carboxylic acids is 3. The lowest BCUT2D eigenvalue weighted by Crippen LogP contribution is -2.58. The summed E-state index contributed by atoms with van der Waals surface area (Å²) in [6.07, 6.45) is 0.817. The second kappa shape index (κ2) is 7.19. The molecule has 6 nitrogen and oxygen atoms in total. The molecule has 0 bridgehead atoms. The fourth-order valence-corrected chi connectivity index (χ4v) is 3.83. The van der Waals surface area contributed by atoms with Crippen LogP contribution in [0.4, 0.5) is 0 Å². The molecule has 0 saturated carbocycles. The van der Waals surface area contributed by atoms with Gasteiger partial charge in [-0.05, 0) is 32.0 Å². The van der Waals surface area contributed by atoms with Crippen molar-refractivity contribution in [1.29, 1.82) is 0 Å². The molecule has 0 N–H and O–H groups in total. The van der Waals surface area contributed by atoms with Crippen molar-refractivity contribution >= 4 is 26.1 Å². The predicted octanol–water partition coefficient (Wildman–Crippen LogP) is 2.85. The zero-order chi connectivity index (χ0) is 18.9. The zero-order valence-electron chi connectivity index (χ0n) is 15.9. The van der Waals surface area contributed by atoms with Crippen molar-refractivity contribution in [1.82, 2.24) is 4.90 Å². The Morgan fingerprint density at radius 2 is 1.88 bits per heavy atom. The smallest absolute Gasteiger partial charge is 0.332 e. The van der Waals surface area contributed by atoms with E-state index in [1.165, 1.54) is 13.0 Å². The van der Waals surface area contributed by atoms with Crippen LogP contribution in [0.15, 0.2) is 11.8 Å². The van der Waals surface area contributed by atoms with Crippen LogP contribution < -0.4 is 0 Å². The molecule has 1 rings (SSSR count). The van der Waals surface area contributed by atoms with Gasteiger partial charge in [0.1, 0.15) is 5.92 Å². The third-order valence-corrected chi connectivity index (χ3v) is 9.26. The molecule has 0 aromatic carbocycles. The number of hydrogen-bond donors (Lipinski definition) is 0. The molecule has 0 spiro atoms. The molecule has 0 aromatic rings. The van der Waals surface area contributed by atoms with E-state index in [1.54, 1.807) is 6.92 Å². The Morgan fingerprint density at radius 1 is 1.33 bits per heavy atom. The second-order valence-corrected chi connectivity index (χ2v) is 12.3. The first-order chi connectivity index (χ1) is 10.8. The Morgan fingerprint density at radius 3 is 2.29 bits per heavy atom. The molecule has 0 radical (unpaired) electrons. The molecule has 1 heterocycles. The molecule has 1 aliphatic heterocycles. The fraction of sp³-hybridized carbons (Fsp3) is 0.706. The first kappa shape index (κ1) is 20.6. The van der Waals surface area contributed by atoms with Crippen molar-refractivity contribution in [3.8, 4) is 0 Å². The number of rotatable bonds is 5.